The van der Waals surface area contributed by atoms with Gasteiger partial charge in [-0.05, 0) is 47.2 Å². The molecule has 1 atom stereocenters. The van der Waals surface area contributed by atoms with Crippen molar-refractivity contribution in [2.75, 3.05) is 25.1 Å². The van der Waals surface area contributed by atoms with Crippen molar-refractivity contribution in [2.45, 2.75) is 18.9 Å². The second-order valence-corrected chi connectivity index (χ2v) is 9.26. The van der Waals surface area contributed by atoms with E-state index >= 15 is 0 Å². The predicted molar refractivity (Wildman–Crippen MR) is 128 cm³/mol. The van der Waals surface area contributed by atoms with Gasteiger partial charge in [0.2, 0.25) is 5.91 Å². The SMILES string of the molecule is COc1ccc(N(CCC(N)=O)CC(=O)N2N=C(c3cccs3)CC2c2cccs2)cc1. The van der Waals surface area contributed by atoms with Gasteiger partial charge in [-0.25, -0.2) is 5.01 Å². The van der Waals surface area contributed by atoms with Crippen molar-refractivity contribution in [3.8, 4) is 5.75 Å². The molecule has 0 saturated heterocycles. The molecule has 4 rings (SSSR count). The zero-order valence-electron chi connectivity index (χ0n) is 17.6. The highest BCUT2D eigenvalue weighted by molar-refractivity contribution is 7.12. The molecule has 32 heavy (non-hydrogen) atoms. The molecule has 3 aromatic rings. The van der Waals surface area contributed by atoms with E-state index in [1.165, 1.54) is 0 Å². The quantitative estimate of drug-likeness (QED) is 0.516. The van der Waals surface area contributed by atoms with Crippen LogP contribution in [0, 0.1) is 0 Å². The summed E-state index contributed by atoms with van der Waals surface area (Å²) in [5, 5.41) is 10.3. The molecule has 2 amide bonds. The Balaban J connectivity index is 1.58. The lowest BCUT2D eigenvalue weighted by molar-refractivity contribution is -0.131. The molecule has 2 N–H and O–H groups in total. The summed E-state index contributed by atoms with van der Waals surface area (Å²) in [7, 11) is 1.60. The minimum atomic E-state index is -0.411. The van der Waals surface area contributed by atoms with Crippen LogP contribution in [0.15, 0.2) is 64.4 Å². The average Bonchev–Trinajstić information content (AvgIpc) is 3.56. The molecule has 1 aliphatic heterocycles. The molecule has 0 bridgehead atoms. The fourth-order valence-corrected chi connectivity index (χ4v) is 5.14. The Morgan fingerprint density at radius 3 is 2.53 bits per heavy atom. The number of hydrogen-bond acceptors (Lipinski definition) is 7. The first-order chi connectivity index (χ1) is 15.5. The summed E-state index contributed by atoms with van der Waals surface area (Å²) in [6, 6.07) is 15.3. The van der Waals surface area contributed by atoms with Crippen LogP contribution in [0.2, 0.25) is 0 Å². The summed E-state index contributed by atoms with van der Waals surface area (Å²) in [5.41, 5.74) is 7.11. The number of hydrazone groups is 1. The highest BCUT2D eigenvalue weighted by Crippen LogP contribution is 2.36. The Morgan fingerprint density at radius 1 is 1.16 bits per heavy atom. The Bertz CT molecular complexity index is 1080. The van der Waals surface area contributed by atoms with Gasteiger partial charge in [0.25, 0.3) is 5.91 Å². The van der Waals surface area contributed by atoms with Gasteiger partial charge in [-0.1, -0.05) is 12.1 Å². The second-order valence-electron chi connectivity index (χ2n) is 7.33. The van der Waals surface area contributed by atoms with Crippen molar-refractivity contribution in [3.05, 3.63) is 69.0 Å². The second kappa shape index (κ2) is 9.97. The van der Waals surface area contributed by atoms with E-state index in [0.29, 0.717) is 13.0 Å². The van der Waals surface area contributed by atoms with Crippen molar-refractivity contribution in [3.63, 3.8) is 0 Å². The number of nitrogens with two attached hydrogens (primary N) is 1. The summed E-state index contributed by atoms with van der Waals surface area (Å²) in [6.07, 6.45) is 0.827. The van der Waals surface area contributed by atoms with Crippen LogP contribution in [0.1, 0.15) is 28.6 Å². The number of thiophene rings is 2. The normalized spacial score (nSPS) is 15.5. The number of ether oxygens (including phenoxy) is 1. The van der Waals surface area contributed by atoms with Gasteiger partial charge >= 0.3 is 0 Å². The molecule has 0 aliphatic carbocycles. The summed E-state index contributed by atoms with van der Waals surface area (Å²) >= 11 is 3.24. The van der Waals surface area contributed by atoms with Crippen molar-refractivity contribution < 1.29 is 14.3 Å². The fourth-order valence-electron chi connectivity index (χ4n) is 3.61. The lowest BCUT2D eigenvalue weighted by Gasteiger charge is -2.27. The number of benzene rings is 1. The summed E-state index contributed by atoms with van der Waals surface area (Å²) in [6.45, 7) is 0.426. The Kier molecular flexibility index (Phi) is 6.87. The maximum absolute atomic E-state index is 13.5. The van der Waals surface area contributed by atoms with E-state index in [2.05, 4.69) is 0 Å². The molecule has 0 saturated carbocycles. The van der Waals surface area contributed by atoms with Crippen LogP contribution < -0.4 is 15.4 Å². The highest BCUT2D eigenvalue weighted by Gasteiger charge is 2.34. The molecule has 1 unspecified atom stereocenters. The molecule has 0 fully saturated rings. The van der Waals surface area contributed by atoms with Gasteiger partial charge in [0.05, 0.1) is 30.3 Å². The van der Waals surface area contributed by atoms with Gasteiger partial charge in [-0.2, -0.15) is 5.10 Å². The maximum atomic E-state index is 13.5. The van der Waals surface area contributed by atoms with Crippen LogP contribution in [0.4, 0.5) is 5.69 Å². The third kappa shape index (κ3) is 5.00. The van der Waals surface area contributed by atoms with Crippen molar-refractivity contribution in [1.82, 2.24) is 5.01 Å². The van der Waals surface area contributed by atoms with E-state index in [9.17, 15) is 9.59 Å². The number of rotatable bonds is 9. The lowest BCUT2D eigenvalue weighted by atomic mass is 10.1. The number of hydrogen-bond donors (Lipinski definition) is 1. The molecule has 2 aromatic heterocycles. The third-order valence-electron chi connectivity index (χ3n) is 5.23. The van der Waals surface area contributed by atoms with Gasteiger partial charge in [-0.15, -0.1) is 22.7 Å². The van der Waals surface area contributed by atoms with Crippen LogP contribution in [0.25, 0.3) is 0 Å². The van der Waals surface area contributed by atoms with E-state index in [4.69, 9.17) is 15.6 Å². The Morgan fingerprint density at radius 2 is 1.91 bits per heavy atom. The highest BCUT2D eigenvalue weighted by atomic mass is 32.1. The number of nitrogens with zero attached hydrogens (tertiary/aromatic N) is 3. The van der Waals surface area contributed by atoms with Crippen molar-refractivity contribution >= 4 is 45.9 Å². The Hall–Kier alpha value is -3.17. The van der Waals surface area contributed by atoms with Crippen LogP contribution >= 0.6 is 22.7 Å². The van der Waals surface area contributed by atoms with Crippen LogP contribution in [0.5, 0.6) is 5.75 Å². The lowest BCUT2D eigenvalue weighted by Crippen LogP contribution is -2.39. The number of methoxy groups -OCH3 is 1. The number of carbonyl (C=O) groups excluding carboxylic acids is 2. The summed E-state index contributed by atoms with van der Waals surface area (Å²) in [5.74, 6) is 0.180. The smallest absolute Gasteiger partial charge is 0.262 e. The van der Waals surface area contributed by atoms with E-state index in [0.717, 1.165) is 26.9 Å². The number of anilines is 1. The molecule has 3 heterocycles. The van der Waals surface area contributed by atoms with Crippen molar-refractivity contribution in [1.29, 1.82) is 0 Å². The predicted octanol–water partition coefficient (Wildman–Crippen LogP) is 3.88. The Labute approximate surface area is 194 Å². The molecule has 9 heteroatoms. The molecule has 7 nitrogen and oxygen atoms in total. The minimum Gasteiger partial charge on any atom is -0.497 e. The summed E-state index contributed by atoms with van der Waals surface area (Å²) in [4.78, 5) is 28.9. The van der Waals surface area contributed by atoms with Gasteiger partial charge in [0, 0.05) is 30.0 Å². The van der Waals surface area contributed by atoms with Gasteiger partial charge in [0.1, 0.15) is 5.75 Å². The van der Waals surface area contributed by atoms with Crippen LogP contribution in [-0.2, 0) is 9.59 Å². The first-order valence-electron chi connectivity index (χ1n) is 10.2. The van der Waals surface area contributed by atoms with E-state index in [1.807, 2.05) is 64.2 Å². The topological polar surface area (TPSA) is 88.2 Å². The zero-order valence-corrected chi connectivity index (χ0v) is 19.3. The third-order valence-corrected chi connectivity index (χ3v) is 7.13. The molecular weight excluding hydrogens is 444 g/mol. The van der Waals surface area contributed by atoms with Crippen LogP contribution in [-0.4, -0.2) is 42.7 Å². The van der Waals surface area contributed by atoms with Gasteiger partial charge in [-0.3, -0.25) is 9.59 Å². The molecular formula is C23H24N4O3S2. The number of amides is 2. The summed E-state index contributed by atoms with van der Waals surface area (Å²) < 4.78 is 5.23. The average molecular weight is 469 g/mol. The minimum absolute atomic E-state index is 0.0860. The molecule has 1 aromatic carbocycles. The van der Waals surface area contributed by atoms with E-state index < -0.39 is 5.91 Å². The standard InChI is InChI=1S/C23H24N4O3S2/c1-30-17-8-6-16(7-9-17)26(11-10-22(24)28)15-23(29)27-19(21-5-3-13-32-21)14-18(25-27)20-4-2-12-31-20/h2-9,12-13,19H,10-11,14-15H2,1H3,(H2,24,28). The maximum Gasteiger partial charge on any atom is 0.262 e. The van der Waals surface area contributed by atoms with Crippen molar-refractivity contribution in [2.24, 2.45) is 10.8 Å². The first kappa shape index (κ1) is 22.0. The molecule has 0 radical (unpaired) electrons. The molecule has 166 valence electrons. The molecule has 0 spiro atoms. The van der Waals surface area contributed by atoms with Gasteiger partial charge in [0.15, 0.2) is 0 Å². The van der Waals surface area contributed by atoms with Crippen LogP contribution in [0.3, 0.4) is 0 Å². The first-order valence-corrected chi connectivity index (χ1v) is 11.9. The number of carbonyl (C=O) groups is 2. The molecule has 1 aliphatic rings. The number of primary amides is 1. The monoisotopic (exact) mass is 468 g/mol. The largest absolute Gasteiger partial charge is 0.497 e. The fraction of sp³-hybridized carbons (Fsp3) is 0.261. The van der Waals surface area contributed by atoms with E-state index in [1.54, 1.807) is 34.8 Å². The van der Waals surface area contributed by atoms with Gasteiger partial charge < -0.3 is 15.4 Å². The van der Waals surface area contributed by atoms with E-state index in [-0.39, 0.29) is 24.9 Å². The zero-order chi connectivity index (χ0) is 22.5.